The number of hydrogen-bond acceptors (Lipinski definition) is 4. The van der Waals surface area contributed by atoms with Gasteiger partial charge in [0.05, 0.1) is 6.61 Å². The summed E-state index contributed by atoms with van der Waals surface area (Å²) in [6.07, 6.45) is 0. The zero-order valence-electron chi connectivity index (χ0n) is 9.74. The SMILES string of the molecule is Cc1c(C)c(=O)n(CC(=O)NCCO)[nH]c1=O. The van der Waals surface area contributed by atoms with E-state index in [1.54, 1.807) is 6.92 Å². The molecular formula is C10H15N3O4. The molecule has 0 saturated heterocycles. The predicted molar refractivity (Wildman–Crippen MR) is 60.9 cm³/mol. The molecule has 0 aromatic carbocycles. The van der Waals surface area contributed by atoms with Crippen LogP contribution in [0.1, 0.15) is 11.1 Å². The first kappa shape index (κ1) is 13.2. The Hall–Kier alpha value is -1.89. The fourth-order valence-corrected chi connectivity index (χ4v) is 1.30. The minimum Gasteiger partial charge on any atom is -0.395 e. The normalized spacial score (nSPS) is 10.3. The van der Waals surface area contributed by atoms with E-state index in [0.29, 0.717) is 11.1 Å². The van der Waals surface area contributed by atoms with Crippen molar-refractivity contribution in [2.75, 3.05) is 13.2 Å². The molecule has 3 N–H and O–H groups in total. The number of H-pyrrole nitrogens is 1. The number of aromatic amines is 1. The van der Waals surface area contributed by atoms with Gasteiger partial charge in [0, 0.05) is 17.7 Å². The summed E-state index contributed by atoms with van der Waals surface area (Å²) in [7, 11) is 0. The summed E-state index contributed by atoms with van der Waals surface area (Å²) in [5, 5.41) is 13.2. The molecule has 0 atom stereocenters. The van der Waals surface area contributed by atoms with Crippen LogP contribution in [0.25, 0.3) is 0 Å². The summed E-state index contributed by atoms with van der Waals surface area (Å²) in [4.78, 5) is 34.5. The highest BCUT2D eigenvalue weighted by atomic mass is 16.3. The third-order valence-corrected chi connectivity index (χ3v) is 2.44. The zero-order chi connectivity index (χ0) is 13.0. The molecule has 0 bridgehead atoms. The molecule has 0 unspecified atom stereocenters. The van der Waals surface area contributed by atoms with Gasteiger partial charge in [0.2, 0.25) is 5.91 Å². The average molecular weight is 241 g/mol. The van der Waals surface area contributed by atoms with Gasteiger partial charge in [0.25, 0.3) is 11.1 Å². The predicted octanol–water partition coefficient (Wildman–Crippen LogP) is -1.74. The van der Waals surface area contributed by atoms with E-state index in [4.69, 9.17) is 5.11 Å². The summed E-state index contributed by atoms with van der Waals surface area (Å²) in [5.41, 5.74) is -0.121. The number of rotatable bonds is 4. The largest absolute Gasteiger partial charge is 0.395 e. The summed E-state index contributed by atoms with van der Waals surface area (Å²) in [5.74, 6) is -0.444. The number of carbonyl (C=O) groups excluding carboxylic acids is 1. The van der Waals surface area contributed by atoms with Crippen molar-refractivity contribution >= 4 is 5.91 Å². The Morgan fingerprint density at radius 3 is 2.59 bits per heavy atom. The first-order valence-electron chi connectivity index (χ1n) is 5.15. The van der Waals surface area contributed by atoms with Crippen LogP contribution in [-0.4, -0.2) is 33.9 Å². The summed E-state index contributed by atoms with van der Waals surface area (Å²) in [6, 6.07) is 0. The van der Waals surface area contributed by atoms with Gasteiger partial charge in [-0.25, -0.2) is 4.68 Å². The first-order chi connectivity index (χ1) is 7.97. The van der Waals surface area contributed by atoms with Gasteiger partial charge in [-0.2, -0.15) is 0 Å². The molecule has 0 aliphatic rings. The topological polar surface area (TPSA) is 104 Å². The van der Waals surface area contributed by atoms with Crippen LogP contribution in [0.15, 0.2) is 9.59 Å². The van der Waals surface area contributed by atoms with Gasteiger partial charge in [0.1, 0.15) is 6.54 Å². The number of nitrogens with one attached hydrogen (secondary N) is 2. The summed E-state index contributed by atoms with van der Waals surface area (Å²) in [6.45, 7) is 2.75. The van der Waals surface area contributed by atoms with Gasteiger partial charge in [-0.05, 0) is 13.8 Å². The minimum absolute atomic E-state index is 0.114. The Morgan fingerprint density at radius 1 is 1.35 bits per heavy atom. The summed E-state index contributed by atoms with van der Waals surface area (Å²) >= 11 is 0. The number of hydrogen-bond donors (Lipinski definition) is 3. The van der Waals surface area contributed by atoms with Crippen molar-refractivity contribution in [3.05, 3.63) is 31.8 Å². The molecule has 1 rings (SSSR count). The third kappa shape index (κ3) is 3.04. The van der Waals surface area contributed by atoms with E-state index in [2.05, 4.69) is 10.4 Å². The number of aliphatic hydroxyl groups is 1. The van der Waals surface area contributed by atoms with E-state index >= 15 is 0 Å². The van der Waals surface area contributed by atoms with E-state index in [1.165, 1.54) is 6.92 Å². The second-order valence-corrected chi connectivity index (χ2v) is 3.66. The van der Waals surface area contributed by atoms with Crippen molar-refractivity contribution < 1.29 is 9.90 Å². The van der Waals surface area contributed by atoms with Gasteiger partial charge in [-0.3, -0.25) is 19.5 Å². The number of amides is 1. The molecule has 1 aromatic rings. The molecule has 0 fully saturated rings. The Kier molecular flexibility index (Phi) is 4.22. The molecule has 7 heteroatoms. The molecule has 1 heterocycles. The van der Waals surface area contributed by atoms with Crippen LogP contribution >= 0.6 is 0 Å². The molecule has 1 amide bonds. The van der Waals surface area contributed by atoms with Crippen molar-refractivity contribution in [1.29, 1.82) is 0 Å². The highest BCUT2D eigenvalue weighted by Gasteiger charge is 2.09. The van der Waals surface area contributed by atoms with E-state index in [9.17, 15) is 14.4 Å². The van der Waals surface area contributed by atoms with Crippen molar-refractivity contribution in [2.24, 2.45) is 0 Å². The standard InChI is InChI=1S/C10H15N3O4/c1-6-7(2)10(17)13(12-9(6)16)5-8(15)11-3-4-14/h14H,3-5H2,1-2H3,(H,11,15)(H,12,16). The van der Waals surface area contributed by atoms with Crippen LogP contribution in [-0.2, 0) is 11.3 Å². The van der Waals surface area contributed by atoms with Gasteiger partial charge in [0.15, 0.2) is 0 Å². The van der Waals surface area contributed by atoms with Crippen LogP contribution in [0.4, 0.5) is 0 Å². The maximum absolute atomic E-state index is 11.7. The fraction of sp³-hybridized carbons (Fsp3) is 0.500. The molecule has 0 aliphatic heterocycles. The van der Waals surface area contributed by atoms with Crippen LogP contribution in [0.5, 0.6) is 0 Å². The van der Waals surface area contributed by atoms with E-state index in [-0.39, 0.29) is 19.7 Å². The van der Waals surface area contributed by atoms with Gasteiger partial charge >= 0.3 is 0 Å². The lowest BCUT2D eigenvalue weighted by Crippen LogP contribution is -2.39. The first-order valence-corrected chi connectivity index (χ1v) is 5.15. The summed E-state index contributed by atoms with van der Waals surface area (Å²) < 4.78 is 0.956. The van der Waals surface area contributed by atoms with Gasteiger partial charge in [-0.1, -0.05) is 0 Å². The lowest BCUT2D eigenvalue weighted by atomic mass is 10.2. The van der Waals surface area contributed by atoms with Gasteiger partial charge in [-0.15, -0.1) is 0 Å². The molecular weight excluding hydrogens is 226 g/mol. The fourth-order valence-electron chi connectivity index (χ4n) is 1.30. The molecule has 7 nitrogen and oxygen atoms in total. The molecule has 0 aliphatic carbocycles. The molecule has 0 radical (unpaired) electrons. The lowest BCUT2D eigenvalue weighted by molar-refractivity contribution is -0.122. The van der Waals surface area contributed by atoms with Crippen molar-refractivity contribution in [1.82, 2.24) is 15.1 Å². The number of aromatic nitrogens is 2. The van der Waals surface area contributed by atoms with E-state index in [1.807, 2.05) is 0 Å². The number of nitrogens with zero attached hydrogens (tertiary/aromatic N) is 1. The smallest absolute Gasteiger partial charge is 0.268 e. The van der Waals surface area contributed by atoms with Crippen LogP contribution in [0.3, 0.4) is 0 Å². The molecule has 0 spiro atoms. The van der Waals surface area contributed by atoms with Gasteiger partial charge < -0.3 is 10.4 Å². The maximum Gasteiger partial charge on any atom is 0.268 e. The third-order valence-electron chi connectivity index (χ3n) is 2.44. The highest BCUT2D eigenvalue weighted by Crippen LogP contribution is 1.90. The zero-order valence-corrected chi connectivity index (χ0v) is 9.74. The van der Waals surface area contributed by atoms with Crippen molar-refractivity contribution in [2.45, 2.75) is 20.4 Å². The molecule has 1 aromatic heterocycles. The molecule has 0 saturated carbocycles. The van der Waals surface area contributed by atoms with Crippen LogP contribution in [0, 0.1) is 13.8 Å². The second-order valence-electron chi connectivity index (χ2n) is 3.66. The molecule has 94 valence electrons. The van der Waals surface area contributed by atoms with Crippen LogP contribution < -0.4 is 16.4 Å². The Labute approximate surface area is 97.1 Å². The maximum atomic E-state index is 11.7. The quantitative estimate of drug-likeness (QED) is 0.582. The van der Waals surface area contributed by atoms with Crippen molar-refractivity contribution in [3.63, 3.8) is 0 Å². The Morgan fingerprint density at radius 2 is 2.00 bits per heavy atom. The Balaban J connectivity index is 2.97. The van der Waals surface area contributed by atoms with E-state index < -0.39 is 17.0 Å². The lowest BCUT2D eigenvalue weighted by Gasteiger charge is -2.08. The average Bonchev–Trinajstić information content (AvgIpc) is 2.30. The van der Waals surface area contributed by atoms with Crippen LogP contribution in [0.2, 0.25) is 0 Å². The molecule has 17 heavy (non-hydrogen) atoms. The highest BCUT2D eigenvalue weighted by molar-refractivity contribution is 5.75. The number of aliphatic hydroxyl groups excluding tert-OH is 1. The Bertz CT molecular complexity index is 529. The minimum atomic E-state index is -0.444. The number of carbonyl (C=O) groups is 1. The van der Waals surface area contributed by atoms with Crippen molar-refractivity contribution in [3.8, 4) is 0 Å². The van der Waals surface area contributed by atoms with E-state index in [0.717, 1.165) is 4.68 Å². The second kappa shape index (κ2) is 5.44. The monoisotopic (exact) mass is 241 g/mol.